The van der Waals surface area contributed by atoms with Crippen molar-refractivity contribution in [3.8, 4) is 5.00 Å². The number of aryl methyl sites for hydroxylation is 3. The van der Waals surface area contributed by atoms with Gasteiger partial charge in [0, 0.05) is 34.4 Å². The predicted octanol–water partition coefficient (Wildman–Crippen LogP) is 5.07. The summed E-state index contributed by atoms with van der Waals surface area (Å²) in [5.74, 6) is -0.278. The molecule has 166 valence electrons. The number of hydrogen-bond acceptors (Lipinski definition) is 4. The molecule has 2 heterocycles. The molecule has 0 unspecified atom stereocenters. The normalized spacial score (nSPS) is 13.2. The number of hydrogen-bond donors (Lipinski definition) is 2. The average molecular weight is 449 g/mol. The SMILES string of the molecule is CC(=O)N/N=C\c1cc(C)n(-c2sc3c(c2C(=O)Nc2ccc(C)cc2)CCCC3)c1C. The number of amides is 2. The zero-order valence-corrected chi connectivity index (χ0v) is 19.7. The van der Waals surface area contributed by atoms with E-state index in [-0.39, 0.29) is 11.8 Å². The van der Waals surface area contributed by atoms with Crippen LogP contribution in [0.1, 0.15) is 63.1 Å². The van der Waals surface area contributed by atoms with Gasteiger partial charge in [0.25, 0.3) is 5.91 Å². The molecule has 1 aromatic carbocycles. The van der Waals surface area contributed by atoms with E-state index in [1.807, 2.05) is 51.1 Å². The molecule has 0 fully saturated rings. The molecule has 6 nitrogen and oxygen atoms in total. The first kappa shape index (κ1) is 22.0. The number of fused-ring (bicyclic) bond motifs is 1. The second-order valence-electron chi connectivity index (χ2n) is 8.30. The standard InChI is InChI=1S/C25H28N4O2S/c1-15-9-11-20(12-10-15)27-24(31)23-21-7-5-6-8-22(21)32-25(23)29-16(2)13-19(17(29)3)14-26-28-18(4)30/h9-14H,5-8H2,1-4H3,(H,27,31)(H,28,30)/b26-14-. The number of nitrogens with zero attached hydrogens (tertiary/aromatic N) is 2. The van der Waals surface area contributed by atoms with Gasteiger partial charge in [0.15, 0.2) is 0 Å². The number of hydrazone groups is 1. The van der Waals surface area contributed by atoms with Gasteiger partial charge >= 0.3 is 0 Å². The Labute approximate surface area is 192 Å². The van der Waals surface area contributed by atoms with Gasteiger partial charge in [0.2, 0.25) is 5.91 Å². The third kappa shape index (κ3) is 4.39. The number of rotatable bonds is 5. The van der Waals surface area contributed by atoms with Gasteiger partial charge in [-0.2, -0.15) is 5.10 Å². The van der Waals surface area contributed by atoms with Crippen LogP contribution in [0.15, 0.2) is 35.4 Å². The first-order valence-electron chi connectivity index (χ1n) is 10.9. The van der Waals surface area contributed by atoms with E-state index in [1.165, 1.54) is 17.4 Å². The van der Waals surface area contributed by atoms with Crippen molar-refractivity contribution in [2.24, 2.45) is 5.10 Å². The first-order chi connectivity index (χ1) is 15.3. The monoisotopic (exact) mass is 448 g/mol. The van der Waals surface area contributed by atoms with Crippen molar-refractivity contribution in [2.75, 3.05) is 5.32 Å². The second-order valence-corrected chi connectivity index (χ2v) is 9.38. The zero-order valence-electron chi connectivity index (χ0n) is 18.9. The molecule has 2 aromatic heterocycles. The van der Waals surface area contributed by atoms with Crippen LogP contribution >= 0.6 is 11.3 Å². The first-order valence-corrected chi connectivity index (χ1v) is 11.7. The summed E-state index contributed by atoms with van der Waals surface area (Å²) in [4.78, 5) is 26.0. The van der Waals surface area contributed by atoms with Crippen LogP contribution in [-0.4, -0.2) is 22.6 Å². The summed E-state index contributed by atoms with van der Waals surface area (Å²) < 4.78 is 2.14. The fourth-order valence-corrected chi connectivity index (χ4v) is 5.69. The van der Waals surface area contributed by atoms with Crippen molar-refractivity contribution in [3.63, 3.8) is 0 Å². The molecule has 4 rings (SSSR count). The average Bonchev–Trinajstić information content (AvgIpc) is 3.26. The molecular weight excluding hydrogens is 420 g/mol. The van der Waals surface area contributed by atoms with E-state index in [2.05, 4.69) is 20.4 Å². The molecule has 0 saturated heterocycles. The molecule has 0 bridgehead atoms. The van der Waals surface area contributed by atoms with Crippen molar-refractivity contribution in [2.45, 2.75) is 53.4 Å². The number of thiophene rings is 1. The molecule has 0 atom stereocenters. The molecule has 7 heteroatoms. The lowest BCUT2D eigenvalue weighted by Crippen LogP contribution is -2.17. The lowest BCUT2D eigenvalue weighted by Gasteiger charge is -2.14. The summed E-state index contributed by atoms with van der Waals surface area (Å²) in [6.45, 7) is 7.50. The van der Waals surface area contributed by atoms with E-state index >= 15 is 0 Å². The minimum atomic E-state index is -0.212. The Bertz CT molecular complexity index is 1200. The molecule has 2 amide bonds. The van der Waals surface area contributed by atoms with Crippen LogP contribution in [0.25, 0.3) is 5.00 Å². The van der Waals surface area contributed by atoms with Gasteiger partial charge in [-0.1, -0.05) is 17.7 Å². The van der Waals surface area contributed by atoms with E-state index in [0.717, 1.165) is 64.4 Å². The fourth-order valence-electron chi connectivity index (χ4n) is 4.20. The van der Waals surface area contributed by atoms with Gasteiger partial charge in [0.05, 0.1) is 11.8 Å². The van der Waals surface area contributed by atoms with Crippen molar-refractivity contribution in [1.82, 2.24) is 9.99 Å². The summed E-state index contributed by atoms with van der Waals surface area (Å²) in [7, 11) is 0. The van der Waals surface area contributed by atoms with E-state index in [9.17, 15) is 9.59 Å². The highest BCUT2D eigenvalue weighted by Crippen LogP contribution is 2.39. The van der Waals surface area contributed by atoms with Crippen LogP contribution in [0.2, 0.25) is 0 Å². The minimum absolute atomic E-state index is 0.0655. The van der Waals surface area contributed by atoms with Crippen molar-refractivity contribution < 1.29 is 9.59 Å². The molecule has 0 spiro atoms. The Hall–Kier alpha value is -3.19. The number of aromatic nitrogens is 1. The van der Waals surface area contributed by atoms with Gasteiger partial charge < -0.3 is 9.88 Å². The number of anilines is 1. The van der Waals surface area contributed by atoms with Gasteiger partial charge in [-0.05, 0) is 70.2 Å². The molecule has 32 heavy (non-hydrogen) atoms. The maximum absolute atomic E-state index is 13.5. The van der Waals surface area contributed by atoms with E-state index in [0.29, 0.717) is 0 Å². The smallest absolute Gasteiger partial charge is 0.258 e. The number of benzene rings is 1. The van der Waals surface area contributed by atoms with E-state index < -0.39 is 0 Å². The zero-order chi connectivity index (χ0) is 22.8. The van der Waals surface area contributed by atoms with Crippen molar-refractivity contribution in [1.29, 1.82) is 0 Å². The van der Waals surface area contributed by atoms with Crippen LogP contribution in [0.4, 0.5) is 5.69 Å². The Kier molecular flexibility index (Phi) is 6.28. The fraction of sp³-hybridized carbons (Fsp3) is 0.320. The van der Waals surface area contributed by atoms with Gasteiger partial charge in [-0.25, -0.2) is 5.43 Å². The lowest BCUT2D eigenvalue weighted by atomic mass is 9.95. The number of carbonyl (C=O) groups is 2. The largest absolute Gasteiger partial charge is 0.322 e. The lowest BCUT2D eigenvalue weighted by molar-refractivity contribution is -0.118. The highest BCUT2D eigenvalue weighted by atomic mass is 32.1. The maximum atomic E-state index is 13.5. The molecule has 3 aromatic rings. The summed E-state index contributed by atoms with van der Waals surface area (Å²) in [6, 6.07) is 9.91. The molecule has 2 N–H and O–H groups in total. The Morgan fingerprint density at radius 1 is 1.09 bits per heavy atom. The second kappa shape index (κ2) is 9.12. The van der Waals surface area contributed by atoms with Gasteiger partial charge in [-0.3, -0.25) is 9.59 Å². The topological polar surface area (TPSA) is 75.5 Å². The molecule has 1 aliphatic carbocycles. The minimum Gasteiger partial charge on any atom is -0.322 e. The molecule has 1 aliphatic rings. The molecule has 0 radical (unpaired) electrons. The third-order valence-corrected chi connectivity index (χ3v) is 7.07. The van der Waals surface area contributed by atoms with Gasteiger partial charge in [-0.15, -0.1) is 11.3 Å². The van der Waals surface area contributed by atoms with Crippen LogP contribution in [0.5, 0.6) is 0 Å². The summed E-state index contributed by atoms with van der Waals surface area (Å²) >= 11 is 1.71. The summed E-state index contributed by atoms with van der Waals surface area (Å²) in [5, 5.41) is 8.08. The molecule has 0 saturated carbocycles. The third-order valence-electron chi connectivity index (χ3n) is 5.79. The molecular formula is C25H28N4O2S. The highest BCUT2D eigenvalue weighted by Gasteiger charge is 2.28. The quantitative estimate of drug-likeness (QED) is 0.423. The Balaban J connectivity index is 1.76. The summed E-state index contributed by atoms with van der Waals surface area (Å²) in [5.41, 5.74) is 9.28. The summed E-state index contributed by atoms with van der Waals surface area (Å²) in [6.07, 6.45) is 5.86. The van der Waals surface area contributed by atoms with Crippen molar-refractivity contribution >= 4 is 35.1 Å². The Morgan fingerprint density at radius 3 is 2.53 bits per heavy atom. The Morgan fingerprint density at radius 2 is 1.81 bits per heavy atom. The number of nitrogens with one attached hydrogen (secondary N) is 2. The van der Waals surface area contributed by atoms with Crippen LogP contribution in [0.3, 0.4) is 0 Å². The maximum Gasteiger partial charge on any atom is 0.258 e. The van der Waals surface area contributed by atoms with Crippen LogP contribution in [0, 0.1) is 20.8 Å². The van der Waals surface area contributed by atoms with E-state index in [4.69, 9.17) is 0 Å². The van der Waals surface area contributed by atoms with Crippen LogP contribution < -0.4 is 10.7 Å². The van der Waals surface area contributed by atoms with Crippen LogP contribution in [-0.2, 0) is 17.6 Å². The predicted molar refractivity (Wildman–Crippen MR) is 130 cm³/mol. The van der Waals surface area contributed by atoms with E-state index in [1.54, 1.807) is 17.6 Å². The van der Waals surface area contributed by atoms with Gasteiger partial charge in [0.1, 0.15) is 5.00 Å². The number of carbonyl (C=O) groups excluding carboxylic acids is 2. The highest BCUT2D eigenvalue weighted by molar-refractivity contribution is 7.15. The molecule has 0 aliphatic heterocycles. The van der Waals surface area contributed by atoms with Crippen molar-refractivity contribution in [3.05, 3.63) is 68.9 Å².